The van der Waals surface area contributed by atoms with E-state index in [1.54, 1.807) is 19.2 Å². The van der Waals surface area contributed by atoms with Crippen LogP contribution in [0.25, 0.3) is 9.69 Å². The summed E-state index contributed by atoms with van der Waals surface area (Å²) >= 11 is 0. The Hall–Kier alpha value is -6.89. The van der Waals surface area contributed by atoms with Gasteiger partial charge in [-0.25, -0.2) is 14.5 Å². The van der Waals surface area contributed by atoms with Gasteiger partial charge in [0.05, 0.1) is 97.2 Å². The summed E-state index contributed by atoms with van der Waals surface area (Å²) in [7, 11) is 3.15. The molecule has 3 heterocycles. The minimum atomic E-state index is -1.80. The van der Waals surface area contributed by atoms with Crippen molar-refractivity contribution in [3.8, 4) is 34.5 Å². The number of hydrogen-bond donors (Lipinski definition) is 0. The van der Waals surface area contributed by atoms with Gasteiger partial charge in [-0.3, -0.25) is 9.59 Å². The van der Waals surface area contributed by atoms with E-state index in [1.807, 2.05) is 29.2 Å². The normalized spacial score (nSPS) is 16.6. The molecule has 1 fully saturated rings. The molecular weight excluding hydrogens is 817 g/mol. The third kappa shape index (κ3) is 9.33. The Bertz CT molecular complexity index is 2360. The van der Waals surface area contributed by atoms with Gasteiger partial charge in [-0.05, 0) is 36.4 Å². The summed E-state index contributed by atoms with van der Waals surface area (Å²) in [5.41, 5.74) is 0.565. The first-order valence-corrected chi connectivity index (χ1v) is 20.2. The van der Waals surface area contributed by atoms with E-state index in [2.05, 4.69) is 14.6 Å². The zero-order valence-electron chi connectivity index (χ0n) is 35.4. The third-order valence-electron chi connectivity index (χ3n) is 10.5. The first-order chi connectivity index (χ1) is 30.6. The summed E-state index contributed by atoms with van der Waals surface area (Å²) in [6.45, 7) is 23.2. The Morgan fingerprint density at radius 1 is 0.603 bits per heavy atom. The van der Waals surface area contributed by atoms with Crippen molar-refractivity contribution in [2.45, 2.75) is 19.4 Å². The predicted molar refractivity (Wildman–Crippen MR) is 227 cm³/mol. The van der Waals surface area contributed by atoms with Gasteiger partial charge in [-0.15, -0.1) is 0 Å². The number of rotatable bonds is 6. The van der Waals surface area contributed by atoms with Crippen LogP contribution < -0.4 is 33.5 Å². The fourth-order valence-electron chi connectivity index (χ4n) is 7.76. The number of esters is 3. The van der Waals surface area contributed by atoms with E-state index in [0.717, 1.165) is 11.4 Å². The molecule has 3 aliphatic rings. The number of ether oxygens (including phenoxy) is 10. The number of anilines is 2. The molecule has 0 amide bonds. The lowest BCUT2D eigenvalue weighted by Crippen LogP contribution is -2.34. The van der Waals surface area contributed by atoms with Crippen molar-refractivity contribution in [1.82, 2.24) is 0 Å². The lowest BCUT2D eigenvalue weighted by atomic mass is 9.77. The monoisotopic (exact) mass is 862 g/mol. The van der Waals surface area contributed by atoms with E-state index in [-0.39, 0.29) is 51.1 Å². The van der Waals surface area contributed by atoms with E-state index < -0.39 is 23.5 Å². The molecule has 1 saturated heterocycles. The van der Waals surface area contributed by atoms with Crippen molar-refractivity contribution < 1.29 is 61.8 Å². The van der Waals surface area contributed by atoms with Gasteiger partial charge in [0.15, 0.2) is 5.60 Å². The molecule has 0 atom stereocenters. The largest absolute Gasteiger partial charge is 0.495 e. The molecule has 63 heavy (non-hydrogen) atoms. The van der Waals surface area contributed by atoms with Crippen LogP contribution >= 0.6 is 0 Å². The second-order valence-corrected chi connectivity index (χ2v) is 14.4. The average molecular weight is 863 g/mol. The molecule has 7 rings (SSSR count). The van der Waals surface area contributed by atoms with Crippen LogP contribution in [0.3, 0.4) is 0 Å². The zero-order valence-corrected chi connectivity index (χ0v) is 35.4. The second kappa shape index (κ2) is 19.9. The molecule has 0 unspecified atom stereocenters. The smallest absolute Gasteiger partial charge is 0.340 e. The quantitative estimate of drug-likeness (QED) is 0.116. The van der Waals surface area contributed by atoms with Crippen LogP contribution in [0.15, 0.2) is 60.7 Å². The highest BCUT2D eigenvalue weighted by molar-refractivity contribution is 5.99. The number of carbonyl (C=O) groups excluding carboxylic acids is 3. The number of nitrogens with zero attached hydrogens (tertiary/aromatic N) is 4. The summed E-state index contributed by atoms with van der Waals surface area (Å²) in [5, 5.41) is 0. The van der Waals surface area contributed by atoms with Crippen molar-refractivity contribution in [3.05, 3.63) is 106 Å². The van der Waals surface area contributed by atoms with Crippen LogP contribution in [0, 0.1) is 13.1 Å². The fraction of sp³-hybridized carbons (Fsp3) is 0.370. The number of benzene rings is 4. The first kappa shape index (κ1) is 44.2. The van der Waals surface area contributed by atoms with Crippen LogP contribution in [0.1, 0.15) is 40.9 Å². The molecular formula is C46H46N4O13. The van der Waals surface area contributed by atoms with E-state index in [4.69, 9.17) is 60.5 Å². The zero-order chi connectivity index (χ0) is 44.5. The molecule has 4 aromatic carbocycles. The summed E-state index contributed by atoms with van der Waals surface area (Å²) in [4.78, 5) is 49.7. The highest BCUT2D eigenvalue weighted by Gasteiger charge is 2.55. The molecule has 4 aromatic rings. The Morgan fingerprint density at radius 2 is 1.08 bits per heavy atom. The topological polar surface area (TPSA) is 159 Å². The fourth-order valence-corrected chi connectivity index (χ4v) is 7.76. The Balaban J connectivity index is 1.21. The molecule has 0 aliphatic carbocycles. The highest BCUT2D eigenvalue weighted by atomic mass is 16.6. The molecule has 0 aromatic heterocycles. The molecule has 17 nitrogen and oxygen atoms in total. The Kier molecular flexibility index (Phi) is 13.9. The standard InChI is InChI=1S/C46H46N4O13/c1-29(51)60-42-27-40-33(24-35(42)47-3)46(34-25-36(48-4)43(61-30(2)52)28-41(34)62-40)32-26-44(55-6)38(23-31(32)45(53)63-46)50-13-17-58-21-19-56-15-11-49(12-16-57-20-22-59-18-14-50)37-9-7-8-10-39(37)54-5/h7-10,23-28H,11-22H2,1-2,5-6H3. The van der Waals surface area contributed by atoms with Crippen LogP contribution in [-0.2, 0) is 38.9 Å². The maximum Gasteiger partial charge on any atom is 0.340 e. The summed E-state index contributed by atoms with van der Waals surface area (Å²) in [6, 6.07) is 16.8. The summed E-state index contributed by atoms with van der Waals surface area (Å²) in [6.07, 6.45) is 0. The average Bonchev–Trinajstić information content (AvgIpc) is 3.55. The molecule has 0 N–H and O–H groups in total. The summed E-state index contributed by atoms with van der Waals surface area (Å²) in [5.74, 6) is -0.891. The van der Waals surface area contributed by atoms with Gasteiger partial charge in [0.1, 0.15) is 34.5 Å². The molecule has 328 valence electrons. The van der Waals surface area contributed by atoms with Crippen LogP contribution in [-0.4, -0.2) is 111 Å². The Morgan fingerprint density at radius 3 is 1.54 bits per heavy atom. The number of fused-ring (bicyclic) bond motifs is 6. The van der Waals surface area contributed by atoms with Crippen molar-refractivity contribution >= 4 is 40.7 Å². The van der Waals surface area contributed by atoms with Gasteiger partial charge in [0.25, 0.3) is 0 Å². The van der Waals surface area contributed by atoms with Crippen molar-refractivity contribution in [2.75, 3.05) is 103 Å². The van der Waals surface area contributed by atoms with Crippen LogP contribution in [0.5, 0.6) is 34.5 Å². The van der Waals surface area contributed by atoms with Crippen LogP contribution in [0.2, 0.25) is 0 Å². The minimum absolute atomic E-state index is 0.0561. The lowest BCUT2D eigenvalue weighted by molar-refractivity contribution is -0.132. The van der Waals surface area contributed by atoms with Gasteiger partial charge in [0, 0.05) is 68.8 Å². The molecule has 0 saturated carbocycles. The molecule has 0 radical (unpaired) electrons. The van der Waals surface area contributed by atoms with Gasteiger partial charge >= 0.3 is 17.9 Å². The minimum Gasteiger partial charge on any atom is -0.495 e. The maximum atomic E-state index is 14.3. The van der Waals surface area contributed by atoms with Crippen LogP contribution in [0.4, 0.5) is 22.7 Å². The number of para-hydroxylation sites is 2. The molecule has 17 heteroatoms. The maximum absolute atomic E-state index is 14.3. The molecule has 1 spiro atoms. The lowest BCUT2D eigenvalue weighted by Gasteiger charge is -2.37. The predicted octanol–water partition coefficient (Wildman–Crippen LogP) is 6.62. The number of hydrogen-bond acceptors (Lipinski definition) is 15. The van der Waals surface area contributed by atoms with Crippen molar-refractivity contribution in [1.29, 1.82) is 0 Å². The van der Waals surface area contributed by atoms with Gasteiger partial charge in [0.2, 0.25) is 11.4 Å². The van der Waals surface area contributed by atoms with Crippen molar-refractivity contribution in [2.24, 2.45) is 0 Å². The third-order valence-corrected chi connectivity index (χ3v) is 10.5. The highest BCUT2D eigenvalue weighted by Crippen LogP contribution is 2.60. The van der Waals surface area contributed by atoms with E-state index in [1.165, 1.54) is 45.2 Å². The number of methoxy groups -OCH3 is 2. The first-order valence-electron chi connectivity index (χ1n) is 20.2. The van der Waals surface area contributed by atoms with E-state index >= 15 is 0 Å². The van der Waals surface area contributed by atoms with Gasteiger partial charge in [-0.1, -0.05) is 12.1 Å². The van der Waals surface area contributed by atoms with E-state index in [9.17, 15) is 14.4 Å². The Labute approximate surface area is 364 Å². The number of carbonyl (C=O) groups is 3. The van der Waals surface area contributed by atoms with Gasteiger partial charge in [-0.2, -0.15) is 0 Å². The van der Waals surface area contributed by atoms with Gasteiger partial charge < -0.3 is 57.2 Å². The van der Waals surface area contributed by atoms with E-state index in [0.29, 0.717) is 96.0 Å². The summed E-state index contributed by atoms with van der Waals surface area (Å²) < 4.78 is 59.0. The second-order valence-electron chi connectivity index (χ2n) is 14.4. The van der Waals surface area contributed by atoms with Crippen molar-refractivity contribution in [3.63, 3.8) is 0 Å². The molecule has 0 bridgehead atoms. The molecule has 3 aliphatic heterocycles. The SMILES string of the molecule is [C-]#[N+]c1cc2c(cc1OC(C)=O)Oc1cc(OC(C)=O)c([N+]#[C-])cc1C21OC(=O)c2cc(N3CCOCCOCCN(c4ccccc4OC)CCOCCOCC3)c(OC)cc21.